The predicted molar refractivity (Wildman–Crippen MR) is 60.3 cm³/mol. The molecule has 6 heteroatoms. The van der Waals surface area contributed by atoms with Crippen molar-refractivity contribution in [2.24, 2.45) is 0 Å². The van der Waals surface area contributed by atoms with Crippen LogP contribution in [0, 0.1) is 6.92 Å². The van der Waals surface area contributed by atoms with E-state index in [0.29, 0.717) is 0 Å². The predicted octanol–water partition coefficient (Wildman–Crippen LogP) is 1.19. The van der Waals surface area contributed by atoms with Crippen molar-refractivity contribution in [3.8, 4) is 0 Å². The van der Waals surface area contributed by atoms with E-state index in [9.17, 15) is 13.2 Å². The zero-order chi connectivity index (χ0) is 11.5. The molecule has 0 aliphatic carbocycles. The van der Waals surface area contributed by atoms with Gasteiger partial charge in [-0.05, 0) is 19.1 Å². The van der Waals surface area contributed by atoms with E-state index in [1.165, 1.54) is 12.1 Å². The molecule has 0 spiro atoms. The number of nitrogens with one attached hydrogen (secondary N) is 1. The Balaban J connectivity index is 2.96. The van der Waals surface area contributed by atoms with E-state index < -0.39 is 15.9 Å². The van der Waals surface area contributed by atoms with Crippen LogP contribution in [0.2, 0.25) is 0 Å². The molecule has 0 aliphatic heterocycles. The van der Waals surface area contributed by atoms with E-state index in [1.54, 1.807) is 12.1 Å². The first-order valence-corrected chi connectivity index (χ1v) is 6.74. The van der Waals surface area contributed by atoms with E-state index >= 15 is 0 Å². The van der Waals surface area contributed by atoms with E-state index in [1.807, 2.05) is 11.6 Å². The van der Waals surface area contributed by atoms with Gasteiger partial charge in [-0.25, -0.2) is 13.1 Å². The summed E-state index contributed by atoms with van der Waals surface area (Å²) in [5, 5.41) is -0.0436. The van der Waals surface area contributed by atoms with Crippen molar-refractivity contribution in [3.63, 3.8) is 0 Å². The lowest BCUT2D eigenvalue weighted by Crippen LogP contribution is -2.31. The molecule has 0 saturated carbocycles. The maximum absolute atomic E-state index is 11.6. The zero-order valence-corrected chi connectivity index (χ0v) is 10.4. The van der Waals surface area contributed by atoms with Gasteiger partial charge in [-0.3, -0.25) is 4.79 Å². The monoisotopic (exact) mass is 291 g/mol. The van der Waals surface area contributed by atoms with Crippen molar-refractivity contribution < 1.29 is 13.2 Å². The third-order valence-corrected chi connectivity index (χ3v) is 3.60. The average Bonchev–Trinajstić information content (AvgIpc) is 2.17. The Morgan fingerprint density at radius 3 is 2.33 bits per heavy atom. The number of sulfonamides is 1. The maximum atomic E-state index is 11.6. The van der Waals surface area contributed by atoms with Crippen molar-refractivity contribution in [2.45, 2.75) is 11.8 Å². The Morgan fingerprint density at radius 1 is 1.33 bits per heavy atom. The lowest BCUT2D eigenvalue weighted by Gasteiger charge is -2.05. The summed E-state index contributed by atoms with van der Waals surface area (Å²) < 4.78 is 25.0. The molecular weight excluding hydrogens is 282 g/mol. The third-order valence-electron chi connectivity index (χ3n) is 1.70. The van der Waals surface area contributed by atoms with Gasteiger partial charge in [0.15, 0.2) is 0 Å². The molecule has 0 aliphatic rings. The molecule has 0 bridgehead atoms. The molecule has 1 rings (SSSR count). The van der Waals surface area contributed by atoms with E-state index in [-0.39, 0.29) is 10.2 Å². The molecule has 0 saturated heterocycles. The summed E-state index contributed by atoms with van der Waals surface area (Å²) >= 11 is 2.88. The van der Waals surface area contributed by atoms with Gasteiger partial charge in [0.1, 0.15) is 0 Å². The first-order chi connectivity index (χ1) is 6.95. The van der Waals surface area contributed by atoms with Gasteiger partial charge in [-0.15, -0.1) is 0 Å². The summed E-state index contributed by atoms with van der Waals surface area (Å²) in [5.41, 5.74) is 0.959. The fourth-order valence-corrected chi connectivity index (χ4v) is 2.26. The summed E-state index contributed by atoms with van der Waals surface area (Å²) in [4.78, 5) is 11.0. The molecule has 0 unspecified atom stereocenters. The normalized spacial score (nSPS) is 11.1. The fraction of sp³-hybridized carbons (Fsp3) is 0.222. The molecular formula is C9H10BrNO3S. The molecule has 1 N–H and O–H groups in total. The minimum atomic E-state index is -3.72. The molecule has 0 fully saturated rings. The number of carbonyl (C=O) groups is 1. The SMILES string of the molecule is Cc1ccc(S(=O)(=O)NC(=O)CBr)cc1. The van der Waals surface area contributed by atoms with Crippen LogP contribution < -0.4 is 4.72 Å². The Bertz CT molecular complexity index is 453. The Labute approximate surface area is 96.9 Å². The van der Waals surface area contributed by atoms with Gasteiger partial charge in [-0.1, -0.05) is 33.6 Å². The number of rotatable bonds is 3. The third kappa shape index (κ3) is 3.32. The van der Waals surface area contributed by atoms with Gasteiger partial charge < -0.3 is 0 Å². The molecule has 0 aromatic heterocycles. The van der Waals surface area contributed by atoms with Gasteiger partial charge in [0.2, 0.25) is 5.91 Å². The lowest BCUT2D eigenvalue weighted by molar-refractivity contribution is -0.116. The van der Waals surface area contributed by atoms with Gasteiger partial charge >= 0.3 is 0 Å². The van der Waals surface area contributed by atoms with E-state index in [2.05, 4.69) is 15.9 Å². The second-order valence-corrected chi connectivity index (χ2v) is 5.22. The van der Waals surface area contributed by atoms with Crippen molar-refractivity contribution in [1.82, 2.24) is 4.72 Å². The van der Waals surface area contributed by atoms with Crippen LogP contribution in [0.3, 0.4) is 0 Å². The maximum Gasteiger partial charge on any atom is 0.264 e. The topological polar surface area (TPSA) is 63.2 Å². The second kappa shape index (κ2) is 4.76. The standard InChI is InChI=1S/C9H10BrNO3S/c1-7-2-4-8(5-3-7)15(13,14)11-9(12)6-10/h2-5H,6H2,1H3,(H,11,12). The Kier molecular flexibility index (Phi) is 3.87. The number of alkyl halides is 1. The number of benzene rings is 1. The molecule has 1 aromatic carbocycles. The number of hydrogen-bond donors (Lipinski definition) is 1. The van der Waals surface area contributed by atoms with Gasteiger partial charge in [-0.2, -0.15) is 0 Å². The molecule has 0 atom stereocenters. The number of hydrogen-bond acceptors (Lipinski definition) is 3. The van der Waals surface area contributed by atoms with Crippen LogP contribution >= 0.6 is 15.9 Å². The van der Waals surface area contributed by atoms with Gasteiger partial charge in [0.05, 0.1) is 10.2 Å². The van der Waals surface area contributed by atoms with Crippen molar-refractivity contribution in [1.29, 1.82) is 0 Å². The average molecular weight is 292 g/mol. The van der Waals surface area contributed by atoms with Crippen LogP contribution in [0.25, 0.3) is 0 Å². The highest BCUT2D eigenvalue weighted by Gasteiger charge is 2.15. The molecule has 82 valence electrons. The van der Waals surface area contributed by atoms with E-state index in [0.717, 1.165) is 5.56 Å². The van der Waals surface area contributed by atoms with Crippen molar-refractivity contribution >= 4 is 31.9 Å². The van der Waals surface area contributed by atoms with Crippen molar-refractivity contribution in [2.75, 3.05) is 5.33 Å². The number of halogens is 1. The molecule has 0 heterocycles. The summed E-state index contributed by atoms with van der Waals surface area (Å²) in [5.74, 6) is -0.587. The summed E-state index contributed by atoms with van der Waals surface area (Å²) in [6.07, 6.45) is 0. The fourth-order valence-electron chi connectivity index (χ4n) is 0.953. The minimum Gasteiger partial charge on any atom is -0.273 e. The first-order valence-electron chi connectivity index (χ1n) is 4.14. The van der Waals surface area contributed by atoms with E-state index in [4.69, 9.17) is 0 Å². The summed E-state index contributed by atoms with van der Waals surface area (Å²) in [6, 6.07) is 6.26. The first kappa shape index (κ1) is 12.2. The largest absolute Gasteiger partial charge is 0.273 e. The summed E-state index contributed by atoms with van der Waals surface area (Å²) in [7, 11) is -3.72. The van der Waals surface area contributed by atoms with Crippen LogP contribution in [-0.4, -0.2) is 19.7 Å². The van der Waals surface area contributed by atoms with Crippen LogP contribution in [0.1, 0.15) is 5.56 Å². The van der Waals surface area contributed by atoms with Crippen LogP contribution in [0.5, 0.6) is 0 Å². The molecule has 0 radical (unpaired) electrons. The molecule has 1 aromatic rings. The van der Waals surface area contributed by atoms with Crippen LogP contribution in [0.4, 0.5) is 0 Å². The second-order valence-electron chi connectivity index (χ2n) is 2.98. The van der Waals surface area contributed by atoms with Gasteiger partial charge in [0, 0.05) is 0 Å². The summed E-state index contributed by atoms with van der Waals surface area (Å²) in [6.45, 7) is 1.85. The number of carbonyl (C=O) groups excluding carboxylic acids is 1. The van der Waals surface area contributed by atoms with Crippen molar-refractivity contribution in [3.05, 3.63) is 29.8 Å². The Hall–Kier alpha value is -0.880. The van der Waals surface area contributed by atoms with Crippen LogP contribution in [0.15, 0.2) is 29.2 Å². The minimum absolute atomic E-state index is 0.0436. The van der Waals surface area contributed by atoms with Crippen LogP contribution in [-0.2, 0) is 14.8 Å². The zero-order valence-electron chi connectivity index (χ0n) is 8.03. The van der Waals surface area contributed by atoms with Gasteiger partial charge in [0.25, 0.3) is 10.0 Å². The molecule has 1 amide bonds. The lowest BCUT2D eigenvalue weighted by atomic mass is 10.2. The number of aryl methyl sites for hydroxylation is 1. The molecule has 4 nitrogen and oxygen atoms in total. The highest BCUT2D eigenvalue weighted by atomic mass is 79.9. The highest BCUT2D eigenvalue weighted by Crippen LogP contribution is 2.09. The Morgan fingerprint density at radius 2 is 1.87 bits per heavy atom. The quantitative estimate of drug-likeness (QED) is 0.851. The smallest absolute Gasteiger partial charge is 0.264 e. The highest BCUT2D eigenvalue weighted by molar-refractivity contribution is 9.09. The number of amides is 1. The molecule has 15 heavy (non-hydrogen) atoms.